The molecule has 0 saturated carbocycles. The first-order chi connectivity index (χ1) is 16.3. The molecule has 4 rings (SSSR count). The van der Waals surface area contributed by atoms with E-state index in [0.29, 0.717) is 32.1 Å². The van der Waals surface area contributed by atoms with Crippen molar-refractivity contribution >= 4 is 44.1 Å². The van der Waals surface area contributed by atoms with Gasteiger partial charge in [-0.05, 0) is 62.7 Å². The quantitative estimate of drug-likeness (QED) is 0.517. The van der Waals surface area contributed by atoms with Crippen LogP contribution in [0.5, 0.6) is 5.75 Å². The molecule has 1 aliphatic rings. The van der Waals surface area contributed by atoms with Crippen LogP contribution in [0.1, 0.15) is 29.9 Å². The summed E-state index contributed by atoms with van der Waals surface area (Å²) in [5.74, 6) is 0.374. The molecule has 0 atom stereocenters. The summed E-state index contributed by atoms with van der Waals surface area (Å²) < 4.78 is 40.3. The number of hydrogen-bond acceptors (Lipinski definition) is 5. The molecule has 0 unspecified atom stereocenters. The molecule has 2 aromatic carbocycles. The fourth-order valence-corrected chi connectivity index (χ4v) is 5.86. The van der Waals surface area contributed by atoms with E-state index in [0.717, 1.165) is 22.2 Å². The Hall–Kier alpha value is -2.59. The monoisotopic (exact) mass is 505 g/mol. The van der Waals surface area contributed by atoms with Gasteiger partial charge in [0.15, 0.2) is 0 Å². The highest BCUT2D eigenvalue weighted by atomic mass is 35.5. The number of anilines is 1. The minimum atomic E-state index is -3.73. The van der Waals surface area contributed by atoms with Crippen LogP contribution in [0.25, 0.3) is 10.9 Å². The van der Waals surface area contributed by atoms with E-state index in [4.69, 9.17) is 21.1 Å². The maximum atomic E-state index is 13.4. The normalized spacial score (nSPS) is 14.9. The first-order valence-electron chi connectivity index (χ1n) is 11.2. The summed E-state index contributed by atoms with van der Waals surface area (Å²) in [6.07, 6.45) is 0. The van der Waals surface area contributed by atoms with Gasteiger partial charge in [0.05, 0.1) is 35.4 Å². The molecule has 1 aliphatic heterocycles. The second-order valence-corrected chi connectivity index (χ2v) is 10.3. The molecular formula is C24H28ClN3O5S. The van der Waals surface area contributed by atoms with E-state index in [1.54, 1.807) is 0 Å². The van der Waals surface area contributed by atoms with E-state index in [1.807, 2.05) is 43.5 Å². The van der Waals surface area contributed by atoms with Crippen LogP contribution in [-0.2, 0) is 21.3 Å². The zero-order valence-electron chi connectivity index (χ0n) is 19.4. The third-order valence-corrected chi connectivity index (χ3v) is 8.15. The third kappa shape index (κ3) is 4.53. The van der Waals surface area contributed by atoms with Crippen molar-refractivity contribution in [3.8, 4) is 5.75 Å². The number of benzene rings is 2. The molecule has 2 heterocycles. The molecule has 10 heteroatoms. The molecule has 0 aliphatic carbocycles. The van der Waals surface area contributed by atoms with E-state index >= 15 is 0 Å². The summed E-state index contributed by atoms with van der Waals surface area (Å²) in [4.78, 5) is 13.5. The predicted octanol–water partition coefficient (Wildman–Crippen LogP) is 4.29. The van der Waals surface area contributed by atoms with Gasteiger partial charge in [-0.3, -0.25) is 4.79 Å². The molecule has 3 aromatic rings. The first kappa shape index (κ1) is 24.5. The second kappa shape index (κ2) is 9.95. The number of nitrogens with one attached hydrogen (secondary N) is 1. The average Bonchev–Trinajstić information content (AvgIpc) is 3.12. The number of rotatable bonds is 7. The molecule has 1 saturated heterocycles. The number of carbonyl (C=O) groups excluding carboxylic acids is 1. The molecule has 0 bridgehead atoms. The Morgan fingerprint density at radius 3 is 2.56 bits per heavy atom. The Labute approximate surface area is 204 Å². The third-order valence-electron chi connectivity index (χ3n) is 5.92. The molecule has 1 amide bonds. The van der Waals surface area contributed by atoms with E-state index in [2.05, 4.69) is 5.32 Å². The fraction of sp³-hybridized carbons (Fsp3) is 0.375. The van der Waals surface area contributed by atoms with Crippen LogP contribution < -0.4 is 10.1 Å². The van der Waals surface area contributed by atoms with Gasteiger partial charge in [-0.1, -0.05) is 11.6 Å². The number of aryl methyl sites for hydroxylation is 2. The van der Waals surface area contributed by atoms with Crippen LogP contribution in [0.2, 0.25) is 5.02 Å². The van der Waals surface area contributed by atoms with Gasteiger partial charge in [0.2, 0.25) is 10.0 Å². The number of aromatic nitrogens is 1. The van der Waals surface area contributed by atoms with Gasteiger partial charge >= 0.3 is 0 Å². The molecule has 182 valence electrons. The largest absolute Gasteiger partial charge is 0.494 e. The Bertz CT molecular complexity index is 1330. The van der Waals surface area contributed by atoms with Crippen LogP contribution >= 0.6 is 11.6 Å². The minimum Gasteiger partial charge on any atom is -0.494 e. The zero-order chi connectivity index (χ0) is 24.5. The zero-order valence-corrected chi connectivity index (χ0v) is 21.0. The molecule has 8 nitrogen and oxygen atoms in total. The van der Waals surface area contributed by atoms with Crippen molar-refractivity contribution < 1.29 is 22.7 Å². The number of ether oxygens (including phenoxy) is 2. The predicted molar refractivity (Wildman–Crippen MR) is 133 cm³/mol. The summed E-state index contributed by atoms with van der Waals surface area (Å²) >= 11 is 6.34. The van der Waals surface area contributed by atoms with Gasteiger partial charge in [0.1, 0.15) is 11.4 Å². The van der Waals surface area contributed by atoms with Gasteiger partial charge in [-0.2, -0.15) is 4.31 Å². The number of nitrogens with zero attached hydrogens (tertiary/aromatic N) is 2. The Morgan fingerprint density at radius 2 is 1.88 bits per heavy atom. The van der Waals surface area contributed by atoms with E-state index in [1.165, 1.54) is 22.5 Å². The van der Waals surface area contributed by atoms with Gasteiger partial charge in [0.25, 0.3) is 5.91 Å². The molecule has 1 fully saturated rings. The number of halogens is 1. The van der Waals surface area contributed by atoms with Crippen LogP contribution in [0.3, 0.4) is 0 Å². The maximum absolute atomic E-state index is 13.4. The van der Waals surface area contributed by atoms with Crippen LogP contribution in [0, 0.1) is 6.92 Å². The fourth-order valence-electron chi connectivity index (χ4n) is 4.26. The molecule has 1 aromatic heterocycles. The van der Waals surface area contributed by atoms with Gasteiger partial charge < -0.3 is 19.4 Å². The lowest BCUT2D eigenvalue weighted by molar-refractivity contribution is 0.0730. The van der Waals surface area contributed by atoms with Crippen molar-refractivity contribution in [3.63, 3.8) is 0 Å². The van der Waals surface area contributed by atoms with Crippen molar-refractivity contribution in [2.24, 2.45) is 0 Å². The number of morpholine rings is 1. The highest BCUT2D eigenvalue weighted by molar-refractivity contribution is 7.89. The van der Waals surface area contributed by atoms with Crippen molar-refractivity contribution in [3.05, 3.63) is 52.7 Å². The summed E-state index contributed by atoms with van der Waals surface area (Å²) in [6, 6.07) is 10.1. The number of amides is 1. The number of hydrogen-bond donors (Lipinski definition) is 1. The van der Waals surface area contributed by atoms with E-state index in [9.17, 15) is 13.2 Å². The average molecular weight is 506 g/mol. The standard InChI is InChI=1S/C24H28ClN3O5S/c1-4-28-22-9-6-17(33-5-2)14-19(22)16(3)23(28)24(29)26-21-15-18(7-8-20(21)25)34(30,31)27-10-12-32-13-11-27/h6-9,14-15H,4-5,10-13H2,1-3H3,(H,26,29). The highest BCUT2D eigenvalue weighted by Gasteiger charge is 2.27. The summed E-state index contributed by atoms with van der Waals surface area (Å²) in [6.45, 7) is 8.18. The molecular weight excluding hydrogens is 478 g/mol. The van der Waals surface area contributed by atoms with Crippen molar-refractivity contribution in [2.75, 3.05) is 38.2 Å². The lowest BCUT2D eigenvalue weighted by Crippen LogP contribution is -2.40. The molecule has 0 spiro atoms. The molecule has 1 N–H and O–H groups in total. The Morgan fingerprint density at radius 1 is 1.15 bits per heavy atom. The smallest absolute Gasteiger partial charge is 0.272 e. The summed E-state index contributed by atoms with van der Waals surface area (Å²) in [5, 5.41) is 4.01. The minimum absolute atomic E-state index is 0.0724. The summed E-state index contributed by atoms with van der Waals surface area (Å²) in [5.41, 5.74) is 2.46. The highest BCUT2D eigenvalue weighted by Crippen LogP contribution is 2.32. The number of carbonyl (C=O) groups is 1. The van der Waals surface area contributed by atoms with E-state index in [-0.39, 0.29) is 34.6 Å². The van der Waals surface area contributed by atoms with E-state index < -0.39 is 10.0 Å². The van der Waals surface area contributed by atoms with Gasteiger partial charge in [0, 0.05) is 30.5 Å². The number of sulfonamides is 1. The second-order valence-electron chi connectivity index (χ2n) is 7.94. The lowest BCUT2D eigenvalue weighted by Gasteiger charge is -2.26. The van der Waals surface area contributed by atoms with Gasteiger partial charge in [-0.15, -0.1) is 0 Å². The molecule has 0 radical (unpaired) electrons. The lowest BCUT2D eigenvalue weighted by atomic mass is 10.1. The van der Waals surface area contributed by atoms with Crippen LogP contribution in [-0.4, -0.2) is 56.1 Å². The summed E-state index contributed by atoms with van der Waals surface area (Å²) in [7, 11) is -3.73. The van der Waals surface area contributed by atoms with Crippen molar-refractivity contribution in [2.45, 2.75) is 32.2 Å². The maximum Gasteiger partial charge on any atom is 0.272 e. The first-order valence-corrected chi connectivity index (χ1v) is 13.0. The Balaban J connectivity index is 1.69. The van der Waals surface area contributed by atoms with Gasteiger partial charge in [-0.25, -0.2) is 8.42 Å². The SMILES string of the molecule is CCOc1ccc2c(c1)c(C)c(C(=O)Nc1cc(S(=O)(=O)N3CCOCC3)ccc1Cl)n2CC. The number of fused-ring (bicyclic) bond motifs is 1. The van der Waals surface area contributed by atoms with Crippen molar-refractivity contribution in [1.82, 2.24) is 8.87 Å². The topological polar surface area (TPSA) is 89.9 Å². The molecule has 34 heavy (non-hydrogen) atoms. The van der Waals surface area contributed by atoms with Crippen molar-refractivity contribution in [1.29, 1.82) is 0 Å². The van der Waals surface area contributed by atoms with Crippen LogP contribution in [0.15, 0.2) is 41.3 Å². The Kier molecular flexibility index (Phi) is 7.18. The van der Waals surface area contributed by atoms with Crippen LogP contribution in [0.4, 0.5) is 5.69 Å².